The van der Waals surface area contributed by atoms with E-state index in [0.717, 1.165) is 40.3 Å². The summed E-state index contributed by atoms with van der Waals surface area (Å²) < 4.78 is 80.0. The molecule has 2 aromatic rings. The maximum Gasteiger partial charge on any atom is 0.338 e. The SMILES string of the molecule is CCOC(=O)[C@H]1O[C@@H]1C(=O)N(CC(N)=O)NC(=O)[C@@H]1CCCN1C(=O)CCCCCNC(=O)CCCCC[N+]1=C(C=CC=CC=C2N(CC)c3ccc(S(=O)(=O)O)cc3C2(C)C)C(C)(C)c2cc(S(=O)(=O)O)ccc21. The first-order valence-electron chi connectivity index (χ1n) is 25.3. The van der Waals surface area contributed by atoms with Gasteiger partial charge in [0.25, 0.3) is 32.1 Å². The van der Waals surface area contributed by atoms with Gasteiger partial charge in [0, 0.05) is 73.4 Å². The first-order chi connectivity index (χ1) is 35.3. The van der Waals surface area contributed by atoms with E-state index in [4.69, 9.17) is 15.2 Å². The summed E-state index contributed by atoms with van der Waals surface area (Å²) in [4.78, 5) is 79.1. The molecule has 4 aliphatic rings. The number of carbonyl (C=O) groups is 6. The highest BCUT2D eigenvalue weighted by Crippen LogP contribution is 2.48. The van der Waals surface area contributed by atoms with Crippen LogP contribution < -0.4 is 21.4 Å². The minimum atomic E-state index is -4.46. The van der Waals surface area contributed by atoms with Gasteiger partial charge in [-0.15, -0.1) is 0 Å². The summed E-state index contributed by atoms with van der Waals surface area (Å²) in [7, 11) is -8.85. The Kier molecular flexibility index (Phi) is 18.7. The van der Waals surface area contributed by atoms with Crippen molar-refractivity contribution in [1.82, 2.24) is 20.7 Å². The number of hydrogen-bond acceptors (Lipinski definition) is 13. The van der Waals surface area contributed by atoms with Crippen LogP contribution in [0.5, 0.6) is 0 Å². The van der Waals surface area contributed by atoms with E-state index in [1.54, 1.807) is 19.1 Å². The number of fused-ring (bicyclic) bond motifs is 2. The summed E-state index contributed by atoms with van der Waals surface area (Å²) in [5, 5.41) is 3.65. The van der Waals surface area contributed by atoms with Gasteiger partial charge >= 0.3 is 5.97 Å². The molecule has 0 bridgehead atoms. The van der Waals surface area contributed by atoms with Crippen LogP contribution >= 0.6 is 0 Å². The molecule has 0 unspecified atom stereocenters. The summed E-state index contributed by atoms with van der Waals surface area (Å²) in [5.41, 5.74) is 11.5. The molecule has 4 aliphatic heterocycles. The summed E-state index contributed by atoms with van der Waals surface area (Å²) in [6, 6.07) is 8.33. The summed E-state index contributed by atoms with van der Waals surface area (Å²) in [6.45, 7) is 13.0. The molecule has 2 aromatic carbocycles. The maximum absolute atomic E-state index is 13.3. The number of likely N-dealkylation sites (tertiary alicyclic amines) is 1. The largest absolute Gasteiger partial charge is 0.464 e. The molecule has 4 heterocycles. The highest BCUT2D eigenvalue weighted by atomic mass is 32.2. The lowest BCUT2D eigenvalue weighted by Gasteiger charge is -2.27. The van der Waals surface area contributed by atoms with Crippen LogP contribution in [0.25, 0.3) is 0 Å². The number of nitrogens with two attached hydrogens (primary N) is 1. The summed E-state index contributed by atoms with van der Waals surface area (Å²) >= 11 is 0. The predicted octanol–water partition coefficient (Wildman–Crippen LogP) is 4.27. The Morgan fingerprint density at radius 1 is 0.853 bits per heavy atom. The molecule has 6 N–H and O–H groups in total. The number of primary amides is 1. The van der Waals surface area contributed by atoms with Crippen LogP contribution in [0.15, 0.2) is 82.3 Å². The zero-order chi connectivity index (χ0) is 55.0. The number of hydrogen-bond donors (Lipinski definition) is 5. The van der Waals surface area contributed by atoms with Crippen LogP contribution in [-0.2, 0) is 69.3 Å². The molecule has 0 saturated carbocycles. The average molecular weight is 1080 g/mol. The second-order valence-electron chi connectivity index (χ2n) is 19.9. The molecule has 75 heavy (non-hydrogen) atoms. The van der Waals surface area contributed by atoms with Crippen LogP contribution in [0.4, 0.5) is 11.4 Å². The first kappa shape index (κ1) is 58.0. The smallest absolute Gasteiger partial charge is 0.338 e. The number of amides is 5. The Labute approximate surface area is 438 Å². The van der Waals surface area contributed by atoms with E-state index in [-0.39, 0.29) is 34.6 Å². The molecule has 2 fully saturated rings. The van der Waals surface area contributed by atoms with E-state index in [1.807, 2.05) is 65.0 Å². The maximum atomic E-state index is 13.3. The van der Waals surface area contributed by atoms with Gasteiger partial charge in [0.1, 0.15) is 19.1 Å². The molecule has 0 radical (unpaired) electrons. The third-order valence-corrected chi connectivity index (χ3v) is 15.7. The standard InChI is InChI=1S/C52H69N7O14S2/c1-7-56-38-26-24-34(74(66,67)68)31-36(38)51(3,4)41(56)20-12-9-13-21-42-52(5,6)37-32-35(75(69,70)71)25-27-39(37)57(42)29-17-11-14-22-44(61)54-28-16-10-15-23-45(62)58-30-18-19-40(58)48(63)55-59(33-43(53)60)49(64)46-47(73-46)50(65)72-8-2/h9,12-13,20-21,24-27,31-32,40,46-47H,7-8,10-11,14-19,22-23,28-30,33H2,1-6H3,(H5-,53,54,55,60,61,63,66,67,68,69,70,71)/p+1/t40-,46-,47-/m0/s1. The first-order valence-corrected chi connectivity index (χ1v) is 28.2. The van der Waals surface area contributed by atoms with Crippen LogP contribution in [0.3, 0.4) is 0 Å². The zero-order valence-corrected chi connectivity index (χ0v) is 45.0. The predicted molar refractivity (Wildman–Crippen MR) is 277 cm³/mol. The third kappa shape index (κ3) is 13.8. The minimum Gasteiger partial charge on any atom is -0.464 e. The van der Waals surface area contributed by atoms with E-state index in [9.17, 15) is 54.7 Å². The Hall–Kier alpha value is -6.27. The average Bonchev–Trinajstić information content (AvgIpc) is 3.85. The van der Waals surface area contributed by atoms with Gasteiger partial charge < -0.3 is 30.3 Å². The van der Waals surface area contributed by atoms with Crippen molar-refractivity contribution in [2.75, 3.05) is 44.2 Å². The second-order valence-corrected chi connectivity index (χ2v) is 22.8. The molecule has 3 atom stereocenters. The Bertz CT molecular complexity index is 2910. The van der Waals surface area contributed by atoms with Gasteiger partial charge in [0.05, 0.1) is 21.8 Å². The van der Waals surface area contributed by atoms with Crippen molar-refractivity contribution in [1.29, 1.82) is 0 Å². The van der Waals surface area contributed by atoms with Crippen molar-refractivity contribution in [2.45, 2.75) is 145 Å². The summed E-state index contributed by atoms with van der Waals surface area (Å²) in [6.07, 6.45) is 12.5. The number of carbonyl (C=O) groups excluding carboxylic acids is 6. The van der Waals surface area contributed by atoms with Gasteiger partial charge in [-0.2, -0.15) is 21.4 Å². The van der Waals surface area contributed by atoms with Gasteiger partial charge in [-0.1, -0.05) is 38.5 Å². The van der Waals surface area contributed by atoms with Gasteiger partial charge in [0.2, 0.25) is 23.4 Å². The number of ether oxygens (including phenoxy) is 2. The van der Waals surface area contributed by atoms with E-state index in [2.05, 4.69) is 20.2 Å². The Morgan fingerprint density at radius 3 is 2.19 bits per heavy atom. The Morgan fingerprint density at radius 2 is 1.52 bits per heavy atom. The number of rotatable bonds is 24. The van der Waals surface area contributed by atoms with Gasteiger partial charge in [-0.3, -0.25) is 38.5 Å². The fourth-order valence-electron chi connectivity index (χ4n) is 10.1. The lowest BCUT2D eigenvalue weighted by Crippen LogP contribution is -2.56. The monoisotopic (exact) mass is 1080 g/mol. The number of benzene rings is 2. The number of likely N-dealkylation sites (N-methyl/N-ethyl adjacent to an activating group) is 1. The molecule has 0 spiro atoms. The molecule has 6 rings (SSSR count). The van der Waals surface area contributed by atoms with Crippen LogP contribution in [0.1, 0.15) is 117 Å². The molecular weight excluding hydrogens is 1010 g/mol. The highest BCUT2D eigenvalue weighted by molar-refractivity contribution is 7.86. The number of nitrogens with one attached hydrogen (secondary N) is 2. The molecule has 2 saturated heterocycles. The molecule has 21 nitrogen and oxygen atoms in total. The van der Waals surface area contributed by atoms with Gasteiger partial charge in [0.15, 0.2) is 17.9 Å². The number of unbranched alkanes of at least 4 members (excludes halogenated alkanes) is 4. The lowest BCUT2D eigenvalue weighted by atomic mass is 9.81. The summed E-state index contributed by atoms with van der Waals surface area (Å²) in [5.74, 6) is -3.50. The number of hydrazine groups is 1. The van der Waals surface area contributed by atoms with Crippen molar-refractivity contribution in [3.63, 3.8) is 0 Å². The van der Waals surface area contributed by atoms with Crippen molar-refractivity contribution < 1.29 is 68.8 Å². The van der Waals surface area contributed by atoms with E-state index in [1.165, 1.54) is 29.2 Å². The van der Waals surface area contributed by atoms with E-state index >= 15 is 0 Å². The fourth-order valence-corrected chi connectivity index (χ4v) is 11.1. The van der Waals surface area contributed by atoms with E-state index in [0.29, 0.717) is 82.6 Å². The fraction of sp³-hybridized carbons (Fsp3) is 0.519. The normalized spacial score (nSPS) is 20.2. The van der Waals surface area contributed by atoms with E-state index < -0.39 is 79.6 Å². The van der Waals surface area contributed by atoms with Crippen LogP contribution in [0.2, 0.25) is 0 Å². The van der Waals surface area contributed by atoms with Crippen LogP contribution in [0, 0.1) is 0 Å². The van der Waals surface area contributed by atoms with Crippen molar-refractivity contribution in [2.24, 2.45) is 5.73 Å². The number of allylic oxidation sites excluding steroid dienone is 6. The molecule has 0 aromatic heterocycles. The van der Waals surface area contributed by atoms with Crippen molar-refractivity contribution >= 4 is 72.8 Å². The van der Waals surface area contributed by atoms with Gasteiger partial charge in [-0.05, 0) is 108 Å². The molecule has 5 amide bonds. The van der Waals surface area contributed by atoms with Crippen LogP contribution in [-0.4, -0.2) is 139 Å². The molecule has 0 aliphatic carbocycles. The number of nitrogens with zero attached hydrogens (tertiary/aromatic N) is 4. The minimum absolute atomic E-state index is 0.0778. The third-order valence-electron chi connectivity index (χ3n) is 14.0. The quantitative estimate of drug-likeness (QED) is 0.0187. The number of epoxide rings is 1. The number of esters is 1. The van der Waals surface area contributed by atoms with Crippen molar-refractivity contribution in [3.05, 3.63) is 83.6 Å². The second kappa shape index (κ2) is 24.2. The zero-order valence-electron chi connectivity index (χ0n) is 43.4. The topological polar surface area (TPSA) is 296 Å². The highest BCUT2D eigenvalue weighted by Gasteiger charge is 2.54. The molecule has 408 valence electrons. The molecule has 23 heteroatoms. The lowest BCUT2D eigenvalue weighted by molar-refractivity contribution is -0.438. The molecular formula is C52H70N7O14S2+. The van der Waals surface area contributed by atoms with Gasteiger partial charge in [-0.25, -0.2) is 9.80 Å². The number of anilines is 1. The van der Waals surface area contributed by atoms with Crippen molar-refractivity contribution in [3.8, 4) is 0 Å². The Balaban J connectivity index is 0.967.